The van der Waals surface area contributed by atoms with Gasteiger partial charge in [0.15, 0.2) is 0 Å². The highest BCUT2D eigenvalue weighted by Crippen LogP contribution is 2.27. The molecule has 0 saturated heterocycles. The van der Waals surface area contributed by atoms with Crippen LogP contribution in [0.4, 0.5) is 0 Å². The summed E-state index contributed by atoms with van der Waals surface area (Å²) in [5, 5.41) is 0. The van der Waals surface area contributed by atoms with Gasteiger partial charge in [-0.25, -0.2) is 4.99 Å². The molecule has 1 fully saturated rings. The molecule has 1 rings (SSSR count). The molecule has 3 nitrogen and oxygen atoms in total. The van der Waals surface area contributed by atoms with Gasteiger partial charge in [0, 0.05) is 12.3 Å². The molecule has 68 valence electrons. The predicted octanol–water partition coefficient (Wildman–Crippen LogP) is 1.47. The van der Waals surface area contributed by atoms with E-state index in [4.69, 9.17) is 5.73 Å². The first-order chi connectivity index (χ1) is 5.74. The van der Waals surface area contributed by atoms with E-state index in [0.717, 1.165) is 25.7 Å². The molecule has 1 aliphatic carbocycles. The van der Waals surface area contributed by atoms with Gasteiger partial charge in [0.1, 0.15) is 5.84 Å². The molecule has 0 aromatic heterocycles. The van der Waals surface area contributed by atoms with Gasteiger partial charge < -0.3 is 5.73 Å². The molecule has 3 heteroatoms. The molecule has 0 radical (unpaired) electrons. The molecule has 0 atom stereocenters. The van der Waals surface area contributed by atoms with Gasteiger partial charge in [-0.05, 0) is 19.3 Å². The van der Waals surface area contributed by atoms with Crippen molar-refractivity contribution in [3.05, 3.63) is 0 Å². The summed E-state index contributed by atoms with van der Waals surface area (Å²) in [7, 11) is 0. The number of carbonyl (C=O) groups excluding carboxylic acids is 1. The summed E-state index contributed by atoms with van der Waals surface area (Å²) in [4.78, 5) is 15.1. The number of amides is 1. The Hall–Kier alpha value is -0.860. The molecule has 2 N–H and O–H groups in total. The zero-order chi connectivity index (χ0) is 8.97. The van der Waals surface area contributed by atoms with E-state index in [-0.39, 0.29) is 11.8 Å². The molecule has 0 bridgehead atoms. The van der Waals surface area contributed by atoms with Gasteiger partial charge in [0.2, 0.25) is 5.91 Å². The topological polar surface area (TPSA) is 55.4 Å². The number of nitrogens with two attached hydrogens (primary N) is 1. The fourth-order valence-corrected chi connectivity index (χ4v) is 1.20. The van der Waals surface area contributed by atoms with Crippen molar-refractivity contribution in [1.82, 2.24) is 0 Å². The van der Waals surface area contributed by atoms with Crippen LogP contribution < -0.4 is 5.73 Å². The first kappa shape index (κ1) is 9.23. The average Bonchev–Trinajstić information content (AvgIpc) is 1.82. The fraction of sp³-hybridized carbons (Fsp3) is 0.778. The maximum atomic E-state index is 11.2. The van der Waals surface area contributed by atoms with Crippen molar-refractivity contribution in [2.24, 2.45) is 16.6 Å². The second-order valence-corrected chi connectivity index (χ2v) is 3.32. The number of hydrogen-bond acceptors (Lipinski definition) is 1. The van der Waals surface area contributed by atoms with Crippen LogP contribution in [0.25, 0.3) is 0 Å². The number of carbonyl (C=O) groups is 1. The highest BCUT2D eigenvalue weighted by atomic mass is 16.1. The molecule has 0 aromatic carbocycles. The zero-order valence-electron chi connectivity index (χ0n) is 7.55. The van der Waals surface area contributed by atoms with Crippen LogP contribution in [0.5, 0.6) is 0 Å². The Bertz CT molecular complexity index is 195. The van der Waals surface area contributed by atoms with Crippen LogP contribution in [0.1, 0.15) is 39.0 Å². The van der Waals surface area contributed by atoms with Crippen molar-refractivity contribution < 1.29 is 4.79 Å². The van der Waals surface area contributed by atoms with E-state index in [1.54, 1.807) is 0 Å². The van der Waals surface area contributed by atoms with Crippen LogP contribution in [0.15, 0.2) is 4.99 Å². The molecule has 0 aliphatic heterocycles. The van der Waals surface area contributed by atoms with Gasteiger partial charge >= 0.3 is 0 Å². The summed E-state index contributed by atoms with van der Waals surface area (Å²) < 4.78 is 0. The summed E-state index contributed by atoms with van der Waals surface area (Å²) in [6.07, 6.45) is 4.86. The lowest BCUT2D eigenvalue weighted by Crippen LogP contribution is -2.23. The van der Waals surface area contributed by atoms with Crippen LogP contribution in [-0.4, -0.2) is 11.7 Å². The number of aliphatic imine (C=N–C) groups is 1. The molecule has 0 spiro atoms. The molecule has 1 saturated carbocycles. The summed E-state index contributed by atoms with van der Waals surface area (Å²) in [6.45, 7) is 2.02. The van der Waals surface area contributed by atoms with Gasteiger partial charge in [-0.1, -0.05) is 13.3 Å². The van der Waals surface area contributed by atoms with E-state index in [2.05, 4.69) is 4.99 Å². The smallest absolute Gasteiger partial charge is 0.250 e. The molecule has 1 amide bonds. The minimum Gasteiger partial charge on any atom is -0.387 e. The normalized spacial score (nSPS) is 18.9. The Balaban J connectivity index is 2.36. The van der Waals surface area contributed by atoms with Gasteiger partial charge in [0.25, 0.3) is 0 Å². The van der Waals surface area contributed by atoms with Crippen molar-refractivity contribution in [2.75, 3.05) is 0 Å². The average molecular weight is 168 g/mol. The van der Waals surface area contributed by atoms with E-state index in [1.807, 2.05) is 6.92 Å². The van der Waals surface area contributed by atoms with Crippen molar-refractivity contribution in [3.63, 3.8) is 0 Å². The third kappa shape index (κ3) is 2.32. The van der Waals surface area contributed by atoms with Gasteiger partial charge in [0.05, 0.1) is 0 Å². The van der Waals surface area contributed by atoms with Crippen LogP contribution in [-0.2, 0) is 4.79 Å². The van der Waals surface area contributed by atoms with Gasteiger partial charge in [-0.15, -0.1) is 0 Å². The zero-order valence-corrected chi connectivity index (χ0v) is 7.55. The molecule has 0 heterocycles. The number of nitrogens with zero attached hydrogens (tertiary/aromatic N) is 1. The molecular formula is C9H16N2O. The minimum atomic E-state index is -0.00722. The van der Waals surface area contributed by atoms with E-state index in [1.165, 1.54) is 6.42 Å². The maximum Gasteiger partial charge on any atom is 0.250 e. The first-order valence-electron chi connectivity index (χ1n) is 4.61. The van der Waals surface area contributed by atoms with Crippen molar-refractivity contribution >= 4 is 11.7 Å². The Morgan fingerprint density at radius 1 is 1.58 bits per heavy atom. The van der Waals surface area contributed by atoms with Crippen molar-refractivity contribution in [3.8, 4) is 0 Å². The van der Waals surface area contributed by atoms with Gasteiger partial charge in [-0.2, -0.15) is 0 Å². The lowest BCUT2D eigenvalue weighted by Gasteiger charge is -2.21. The molecule has 0 unspecified atom stereocenters. The molecule has 12 heavy (non-hydrogen) atoms. The fourth-order valence-electron chi connectivity index (χ4n) is 1.20. The largest absolute Gasteiger partial charge is 0.387 e. The Morgan fingerprint density at radius 2 is 2.25 bits per heavy atom. The van der Waals surface area contributed by atoms with Crippen molar-refractivity contribution in [2.45, 2.75) is 39.0 Å². The second kappa shape index (κ2) is 4.24. The third-order valence-electron chi connectivity index (χ3n) is 2.21. The highest BCUT2D eigenvalue weighted by molar-refractivity contribution is 5.94. The Morgan fingerprint density at radius 3 is 2.67 bits per heavy atom. The van der Waals surface area contributed by atoms with E-state index in [0.29, 0.717) is 5.84 Å². The quantitative estimate of drug-likeness (QED) is 0.512. The van der Waals surface area contributed by atoms with E-state index < -0.39 is 0 Å². The molecular weight excluding hydrogens is 152 g/mol. The number of hydrogen-bond donors (Lipinski definition) is 1. The molecule has 0 aromatic rings. The van der Waals surface area contributed by atoms with Gasteiger partial charge in [-0.3, -0.25) is 4.79 Å². The summed E-state index contributed by atoms with van der Waals surface area (Å²) in [5.41, 5.74) is 5.53. The van der Waals surface area contributed by atoms with E-state index >= 15 is 0 Å². The third-order valence-corrected chi connectivity index (χ3v) is 2.21. The predicted molar refractivity (Wildman–Crippen MR) is 48.9 cm³/mol. The standard InChI is InChI=1S/C9H16N2O/c1-2-4-8(10)11-9(12)7-5-3-6-7/h7H,2-6H2,1H3,(H2,10,11,12). The van der Waals surface area contributed by atoms with Crippen LogP contribution in [0.2, 0.25) is 0 Å². The maximum absolute atomic E-state index is 11.2. The SMILES string of the molecule is CCCC(N)=NC(=O)C1CCC1. The first-order valence-corrected chi connectivity index (χ1v) is 4.61. The van der Waals surface area contributed by atoms with Crippen molar-refractivity contribution in [1.29, 1.82) is 0 Å². The minimum absolute atomic E-state index is 0.00722. The second-order valence-electron chi connectivity index (χ2n) is 3.32. The number of amidine groups is 1. The summed E-state index contributed by atoms with van der Waals surface area (Å²) in [6, 6.07) is 0. The monoisotopic (exact) mass is 168 g/mol. The summed E-state index contributed by atoms with van der Waals surface area (Å²) >= 11 is 0. The Kier molecular flexibility index (Phi) is 3.26. The van der Waals surface area contributed by atoms with Crippen LogP contribution in [0, 0.1) is 5.92 Å². The van der Waals surface area contributed by atoms with E-state index in [9.17, 15) is 4.79 Å². The van der Waals surface area contributed by atoms with Crippen LogP contribution >= 0.6 is 0 Å². The lowest BCUT2D eigenvalue weighted by molar-refractivity contribution is -0.123. The molecule has 1 aliphatic rings. The lowest BCUT2D eigenvalue weighted by atomic mass is 9.85. The highest BCUT2D eigenvalue weighted by Gasteiger charge is 2.24. The van der Waals surface area contributed by atoms with Crippen LogP contribution in [0.3, 0.4) is 0 Å². The summed E-state index contributed by atoms with van der Waals surface area (Å²) in [5.74, 6) is 0.669. The Labute approximate surface area is 73.0 Å². The number of rotatable bonds is 3.